The van der Waals surface area contributed by atoms with Crippen molar-refractivity contribution in [3.05, 3.63) is 34.3 Å². The zero-order valence-electron chi connectivity index (χ0n) is 10.4. The molecule has 0 spiro atoms. The van der Waals surface area contributed by atoms with E-state index in [9.17, 15) is 9.59 Å². The summed E-state index contributed by atoms with van der Waals surface area (Å²) < 4.78 is 0.896. The largest absolute Gasteiger partial charge is 0.354 e. The Hall–Kier alpha value is -1.36. The molecule has 4 nitrogen and oxygen atoms in total. The van der Waals surface area contributed by atoms with Gasteiger partial charge in [0.2, 0.25) is 5.91 Å². The van der Waals surface area contributed by atoms with Crippen LogP contribution in [-0.4, -0.2) is 35.8 Å². The van der Waals surface area contributed by atoms with Crippen molar-refractivity contribution in [2.75, 3.05) is 13.1 Å². The molecule has 0 saturated carbocycles. The zero-order valence-corrected chi connectivity index (χ0v) is 12.0. The molecule has 2 unspecified atom stereocenters. The molecule has 100 valence electrons. The molecule has 1 N–H and O–H groups in total. The average molecular weight is 323 g/mol. The summed E-state index contributed by atoms with van der Waals surface area (Å²) >= 11 is 3.38. The molecule has 2 aliphatic rings. The number of amides is 2. The summed E-state index contributed by atoms with van der Waals surface area (Å²) in [5.41, 5.74) is 0.675. The predicted octanol–water partition coefficient (Wildman–Crippen LogP) is 1.80. The van der Waals surface area contributed by atoms with Gasteiger partial charge in [-0.25, -0.2) is 0 Å². The molecule has 2 heterocycles. The van der Waals surface area contributed by atoms with Crippen molar-refractivity contribution >= 4 is 27.7 Å². The van der Waals surface area contributed by atoms with Crippen LogP contribution >= 0.6 is 15.9 Å². The highest BCUT2D eigenvalue weighted by atomic mass is 79.9. The quantitative estimate of drug-likeness (QED) is 0.857. The fraction of sp³-hybridized carbons (Fsp3) is 0.429. The second-order valence-electron chi connectivity index (χ2n) is 5.07. The van der Waals surface area contributed by atoms with E-state index in [0.29, 0.717) is 12.1 Å². The summed E-state index contributed by atoms with van der Waals surface area (Å²) in [6.45, 7) is 1.32. The maximum atomic E-state index is 12.6. The summed E-state index contributed by atoms with van der Waals surface area (Å²) in [7, 11) is 0. The summed E-state index contributed by atoms with van der Waals surface area (Å²) in [6, 6.07) is 7.43. The number of hydrogen-bond donors (Lipinski definition) is 1. The lowest BCUT2D eigenvalue weighted by molar-refractivity contribution is -0.123. The van der Waals surface area contributed by atoms with Gasteiger partial charge < -0.3 is 10.2 Å². The SMILES string of the molecule is O=C1NCC2C1CCCN2C(=O)c1cccc(Br)c1. The Morgan fingerprint density at radius 1 is 1.42 bits per heavy atom. The predicted molar refractivity (Wildman–Crippen MR) is 74.7 cm³/mol. The first-order chi connectivity index (χ1) is 9.16. The smallest absolute Gasteiger partial charge is 0.254 e. The van der Waals surface area contributed by atoms with Gasteiger partial charge >= 0.3 is 0 Å². The van der Waals surface area contributed by atoms with Gasteiger partial charge in [0.1, 0.15) is 0 Å². The van der Waals surface area contributed by atoms with E-state index < -0.39 is 0 Å². The van der Waals surface area contributed by atoms with Crippen LogP contribution in [0.5, 0.6) is 0 Å². The molecule has 1 aromatic rings. The van der Waals surface area contributed by atoms with Gasteiger partial charge in [0.25, 0.3) is 5.91 Å². The van der Waals surface area contributed by atoms with E-state index in [1.54, 1.807) is 0 Å². The number of carbonyl (C=O) groups excluding carboxylic acids is 2. The van der Waals surface area contributed by atoms with Gasteiger partial charge in [-0.05, 0) is 31.0 Å². The van der Waals surface area contributed by atoms with Crippen molar-refractivity contribution in [2.24, 2.45) is 5.92 Å². The number of piperidine rings is 1. The molecule has 0 bridgehead atoms. The molecule has 2 aliphatic heterocycles. The molecule has 2 fully saturated rings. The van der Waals surface area contributed by atoms with Crippen molar-refractivity contribution in [3.63, 3.8) is 0 Å². The number of carbonyl (C=O) groups is 2. The molecule has 2 saturated heterocycles. The number of fused-ring (bicyclic) bond motifs is 1. The molecule has 1 aromatic carbocycles. The van der Waals surface area contributed by atoms with Crippen molar-refractivity contribution in [1.29, 1.82) is 0 Å². The van der Waals surface area contributed by atoms with E-state index in [-0.39, 0.29) is 23.8 Å². The van der Waals surface area contributed by atoms with Crippen LogP contribution in [0.25, 0.3) is 0 Å². The highest BCUT2D eigenvalue weighted by Gasteiger charge is 2.42. The maximum Gasteiger partial charge on any atom is 0.254 e. The molecule has 19 heavy (non-hydrogen) atoms. The van der Waals surface area contributed by atoms with E-state index in [1.807, 2.05) is 29.2 Å². The minimum atomic E-state index is -0.0233. The standard InChI is InChI=1S/C14H15BrN2O2/c15-10-4-1-3-9(7-10)14(19)17-6-2-5-11-12(17)8-16-13(11)18/h1,3-4,7,11-12H,2,5-6,8H2,(H,16,18). The molecule has 2 atom stereocenters. The monoisotopic (exact) mass is 322 g/mol. The normalized spacial score (nSPS) is 25.9. The molecule has 0 radical (unpaired) electrons. The number of benzene rings is 1. The Morgan fingerprint density at radius 2 is 2.26 bits per heavy atom. The Labute approximate surface area is 120 Å². The van der Waals surface area contributed by atoms with E-state index in [4.69, 9.17) is 0 Å². The molecule has 3 rings (SSSR count). The molecule has 0 aromatic heterocycles. The Balaban J connectivity index is 1.85. The van der Waals surface area contributed by atoms with Crippen LogP contribution in [0.3, 0.4) is 0 Å². The third-order valence-corrected chi connectivity index (χ3v) is 4.43. The average Bonchev–Trinajstić information content (AvgIpc) is 2.80. The topological polar surface area (TPSA) is 49.4 Å². The van der Waals surface area contributed by atoms with Crippen molar-refractivity contribution < 1.29 is 9.59 Å². The van der Waals surface area contributed by atoms with Crippen LogP contribution in [0.1, 0.15) is 23.2 Å². The fourth-order valence-electron chi connectivity index (χ4n) is 2.99. The summed E-state index contributed by atoms with van der Waals surface area (Å²) in [5, 5.41) is 2.87. The van der Waals surface area contributed by atoms with Crippen LogP contribution < -0.4 is 5.32 Å². The van der Waals surface area contributed by atoms with Gasteiger partial charge in [-0.1, -0.05) is 22.0 Å². The van der Waals surface area contributed by atoms with Gasteiger partial charge in [0, 0.05) is 23.1 Å². The number of hydrogen-bond acceptors (Lipinski definition) is 2. The van der Waals surface area contributed by atoms with Gasteiger partial charge in [-0.2, -0.15) is 0 Å². The lowest BCUT2D eigenvalue weighted by atomic mass is 9.91. The number of halogens is 1. The second-order valence-corrected chi connectivity index (χ2v) is 5.99. The van der Waals surface area contributed by atoms with Gasteiger partial charge in [-0.15, -0.1) is 0 Å². The molecular formula is C14H15BrN2O2. The molecule has 2 amide bonds. The lowest BCUT2D eigenvalue weighted by Gasteiger charge is -2.36. The highest BCUT2D eigenvalue weighted by molar-refractivity contribution is 9.10. The fourth-order valence-corrected chi connectivity index (χ4v) is 3.39. The first-order valence-electron chi connectivity index (χ1n) is 6.51. The first kappa shape index (κ1) is 12.7. The van der Waals surface area contributed by atoms with Crippen LogP contribution in [0, 0.1) is 5.92 Å². The van der Waals surface area contributed by atoms with Crippen LogP contribution in [0.2, 0.25) is 0 Å². The van der Waals surface area contributed by atoms with Gasteiger partial charge in [0.15, 0.2) is 0 Å². The lowest BCUT2D eigenvalue weighted by Crippen LogP contribution is -2.48. The molecule has 0 aliphatic carbocycles. The first-order valence-corrected chi connectivity index (χ1v) is 7.30. The van der Waals surface area contributed by atoms with Crippen molar-refractivity contribution in [3.8, 4) is 0 Å². The second kappa shape index (κ2) is 4.96. The Bertz CT molecular complexity index is 532. The van der Waals surface area contributed by atoms with E-state index in [2.05, 4.69) is 21.2 Å². The zero-order chi connectivity index (χ0) is 13.4. The van der Waals surface area contributed by atoms with E-state index >= 15 is 0 Å². The summed E-state index contributed by atoms with van der Waals surface area (Å²) in [5.74, 6) is 0.0918. The summed E-state index contributed by atoms with van der Waals surface area (Å²) in [6.07, 6.45) is 1.78. The maximum absolute atomic E-state index is 12.6. The van der Waals surface area contributed by atoms with Crippen LogP contribution in [0.4, 0.5) is 0 Å². The van der Waals surface area contributed by atoms with Crippen molar-refractivity contribution in [2.45, 2.75) is 18.9 Å². The third-order valence-electron chi connectivity index (χ3n) is 3.93. The van der Waals surface area contributed by atoms with Crippen molar-refractivity contribution in [1.82, 2.24) is 10.2 Å². The van der Waals surface area contributed by atoms with E-state index in [0.717, 1.165) is 23.9 Å². The Kier molecular flexibility index (Phi) is 3.31. The molecule has 5 heteroatoms. The summed E-state index contributed by atoms with van der Waals surface area (Å²) in [4.78, 5) is 26.1. The minimum absolute atomic E-state index is 0.0208. The number of rotatable bonds is 1. The molecular weight excluding hydrogens is 308 g/mol. The van der Waals surface area contributed by atoms with Gasteiger partial charge in [0.05, 0.1) is 12.0 Å². The number of likely N-dealkylation sites (tertiary alicyclic amines) is 1. The third kappa shape index (κ3) is 2.27. The van der Waals surface area contributed by atoms with Gasteiger partial charge in [-0.3, -0.25) is 9.59 Å². The van der Waals surface area contributed by atoms with Crippen LogP contribution in [0.15, 0.2) is 28.7 Å². The minimum Gasteiger partial charge on any atom is -0.354 e. The highest BCUT2D eigenvalue weighted by Crippen LogP contribution is 2.28. The number of nitrogens with one attached hydrogen (secondary N) is 1. The number of nitrogens with zero attached hydrogens (tertiary/aromatic N) is 1. The van der Waals surface area contributed by atoms with E-state index in [1.165, 1.54) is 0 Å². The van der Waals surface area contributed by atoms with Crippen LogP contribution in [-0.2, 0) is 4.79 Å². The Morgan fingerprint density at radius 3 is 3.05 bits per heavy atom.